The Bertz CT molecular complexity index is 954. The molecule has 0 saturated carbocycles. The molecule has 7 heteroatoms. The van der Waals surface area contributed by atoms with E-state index in [0.717, 1.165) is 12.0 Å². The third-order valence-electron chi connectivity index (χ3n) is 4.74. The smallest absolute Gasteiger partial charge is 0.264 e. The molecule has 0 aromatic heterocycles. The van der Waals surface area contributed by atoms with Crippen LogP contribution in [0.3, 0.4) is 0 Å². The molecule has 0 aliphatic carbocycles. The fraction of sp³-hybridized carbons (Fsp3) is 0.333. The Morgan fingerprint density at radius 3 is 2.93 bits per heavy atom. The lowest BCUT2D eigenvalue weighted by Gasteiger charge is -2.26. The van der Waals surface area contributed by atoms with Gasteiger partial charge in [-0.25, -0.2) is 0 Å². The second kappa shape index (κ2) is 6.74. The minimum absolute atomic E-state index is 0.0172. The van der Waals surface area contributed by atoms with Gasteiger partial charge >= 0.3 is 0 Å². The van der Waals surface area contributed by atoms with Gasteiger partial charge in [0.05, 0.1) is 5.69 Å². The number of amides is 2. The number of fused-ring (bicyclic) bond motifs is 2. The van der Waals surface area contributed by atoms with Crippen molar-refractivity contribution in [3.05, 3.63) is 42.0 Å². The predicted molar refractivity (Wildman–Crippen MR) is 104 cm³/mol. The molecule has 2 aromatic rings. The Morgan fingerprint density at radius 1 is 1.29 bits per heavy atom. The topological polar surface area (TPSA) is 77.1 Å². The first-order valence-electron chi connectivity index (χ1n) is 9.09. The number of likely N-dealkylation sites (N-methyl/N-ethyl adjacent to an activating group) is 1. The van der Waals surface area contributed by atoms with E-state index in [1.54, 1.807) is 31.3 Å². The molecule has 146 valence electrons. The van der Waals surface area contributed by atoms with Crippen molar-refractivity contribution in [2.75, 3.05) is 30.5 Å². The van der Waals surface area contributed by atoms with E-state index >= 15 is 0 Å². The SMILES string of the molecule is CN1C(=O)COc2ccc(NC(=O)COc3cccc4c3OC(C)(C)C4)cc21. The van der Waals surface area contributed by atoms with Crippen molar-refractivity contribution in [1.82, 2.24) is 0 Å². The second-order valence-electron chi connectivity index (χ2n) is 7.54. The number of carbonyl (C=O) groups excluding carboxylic acids is 2. The summed E-state index contributed by atoms with van der Waals surface area (Å²) < 4.78 is 17.0. The van der Waals surface area contributed by atoms with E-state index in [1.807, 2.05) is 26.0 Å². The van der Waals surface area contributed by atoms with Crippen molar-refractivity contribution in [1.29, 1.82) is 0 Å². The molecule has 0 saturated heterocycles. The monoisotopic (exact) mass is 382 g/mol. The van der Waals surface area contributed by atoms with E-state index in [9.17, 15) is 9.59 Å². The Labute approximate surface area is 163 Å². The van der Waals surface area contributed by atoms with Crippen LogP contribution in [0.1, 0.15) is 19.4 Å². The van der Waals surface area contributed by atoms with Crippen LogP contribution in [-0.2, 0) is 16.0 Å². The highest BCUT2D eigenvalue weighted by Gasteiger charge is 2.32. The fourth-order valence-corrected chi connectivity index (χ4v) is 3.39. The molecule has 2 aliphatic heterocycles. The lowest BCUT2D eigenvalue weighted by Crippen LogP contribution is -2.35. The molecule has 0 bridgehead atoms. The molecule has 0 spiro atoms. The summed E-state index contributed by atoms with van der Waals surface area (Å²) >= 11 is 0. The van der Waals surface area contributed by atoms with E-state index in [2.05, 4.69) is 5.32 Å². The molecule has 7 nitrogen and oxygen atoms in total. The Balaban J connectivity index is 1.42. The predicted octanol–water partition coefficient (Wildman–Crippen LogP) is 2.77. The molecule has 0 fully saturated rings. The first kappa shape index (κ1) is 18.2. The maximum atomic E-state index is 12.3. The minimum Gasteiger partial charge on any atom is -0.483 e. The molecule has 1 N–H and O–H groups in total. The summed E-state index contributed by atoms with van der Waals surface area (Å²) in [5, 5.41) is 2.78. The molecule has 2 amide bonds. The zero-order valence-corrected chi connectivity index (χ0v) is 16.1. The quantitative estimate of drug-likeness (QED) is 0.880. The molecule has 0 atom stereocenters. The first-order valence-corrected chi connectivity index (χ1v) is 9.09. The van der Waals surface area contributed by atoms with Gasteiger partial charge in [0.25, 0.3) is 11.8 Å². The number of ether oxygens (including phenoxy) is 3. The van der Waals surface area contributed by atoms with Gasteiger partial charge in [-0.15, -0.1) is 0 Å². The van der Waals surface area contributed by atoms with Gasteiger partial charge in [0.15, 0.2) is 24.7 Å². The molecule has 2 aromatic carbocycles. The van der Waals surface area contributed by atoms with Crippen LogP contribution < -0.4 is 24.4 Å². The fourth-order valence-electron chi connectivity index (χ4n) is 3.39. The molecule has 4 rings (SSSR count). The van der Waals surface area contributed by atoms with Crippen LogP contribution in [0.4, 0.5) is 11.4 Å². The van der Waals surface area contributed by atoms with Gasteiger partial charge in [-0.2, -0.15) is 0 Å². The van der Waals surface area contributed by atoms with Gasteiger partial charge in [0.1, 0.15) is 11.4 Å². The van der Waals surface area contributed by atoms with Gasteiger partial charge in [0.2, 0.25) is 0 Å². The van der Waals surface area contributed by atoms with Crippen molar-refractivity contribution in [2.45, 2.75) is 25.9 Å². The van der Waals surface area contributed by atoms with E-state index in [-0.39, 0.29) is 30.6 Å². The number of benzene rings is 2. The zero-order chi connectivity index (χ0) is 19.9. The highest BCUT2D eigenvalue weighted by atomic mass is 16.5. The highest BCUT2D eigenvalue weighted by molar-refractivity contribution is 5.99. The third kappa shape index (κ3) is 3.47. The van der Waals surface area contributed by atoms with E-state index < -0.39 is 0 Å². The molecule has 2 aliphatic rings. The van der Waals surface area contributed by atoms with E-state index in [0.29, 0.717) is 28.6 Å². The lowest BCUT2D eigenvalue weighted by molar-refractivity contribution is -0.121. The number of hydrogen-bond donors (Lipinski definition) is 1. The van der Waals surface area contributed by atoms with Crippen LogP contribution in [0.15, 0.2) is 36.4 Å². The van der Waals surface area contributed by atoms with Crippen LogP contribution in [0, 0.1) is 0 Å². The summed E-state index contributed by atoms with van der Waals surface area (Å²) in [5.41, 5.74) is 1.98. The number of nitrogens with one attached hydrogen (secondary N) is 1. The number of carbonyl (C=O) groups is 2. The van der Waals surface area contributed by atoms with Crippen LogP contribution in [0.2, 0.25) is 0 Å². The Hall–Kier alpha value is -3.22. The molecular weight excluding hydrogens is 360 g/mol. The number of hydrogen-bond acceptors (Lipinski definition) is 5. The van der Waals surface area contributed by atoms with Gasteiger partial charge in [-0.3, -0.25) is 9.59 Å². The minimum atomic E-state index is -0.305. The van der Waals surface area contributed by atoms with Crippen LogP contribution in [0.5, 0.6) is 17.2 Å². The standard InChI is InChI=1S/C21H22N2O5/c1-21(2)10-13-5-4-6-17(20(13)28-21)26-11-18(24)22-14-7-8-16-15(9-14)23(3)19(25)12-27-16/h4-9H,10-12H2,1-3H3,(H,22,24). The number of rotatable bonds is 4. The number of nitrogens with zero attached hydrogens (tertiary/aromatic N) is 1. The second-order valence-corrected chi connectivity index (χ2v) is 7.54. The normalized spacial score (nSPS) is 16.5. The summed E-state index contributed by atoms with van der Waals surface area (Å²) in [7, 11) is 1.68. The lowest BCUT2D eigenvalue weighted by atomic mass is 10.0. The average molecular weight is 382 g/mol. The van der Waals surface area contributed by atoms with E-state index in [4.69, 9.17) is 14.2 Å². The number of para-hydroxylation sites is 1. The summed E-state index contributed by atoms with van der Waals surface area (Å²) in [5.74, 6) is 1.42. The maximum absolute atomic E-state index is 12.3. The van der Waals surface area contributed by atoms with Crippen LogP contribution in [-0.4, -0.2) is 37.7 Å². The van der Waals surface area contributed by atoms with Crippen molar-refractivity contribution < 1.29 is 23.8 Å². The largest absolute Gasteiger partial charge is 0.483 e. The van der Waals surface area contributed by atoms with E-state index in [1.165, 1.54) is 4.90 Å². The summed E-state index contributed by atoms with van der Waals surface area (Å²) in [6.07, 6.45) is 0.801. The first-order chi connectivity index (χ1) is 13.3. The molecule has 28 heavy (non-hydrogen) atoms. The maximum Gasteiger partial charge on any atom is 0.264 e. The van der Waals surface area contributed by atoms with Crippen LogP contribution >= 0.6 is 0 Å². The highest BCUT2D eigenvalue weighted by Crippen LogP contribution is 2.41. The van der Waals surface area contributed by atoms with Gasteiger partial charge in [-0.05, 0) is 38.1 Å². The number of anilines is 2. The molecule has 0 radical (unpaired) electrons. The molecule has 2 heterocycles. The van der Waals surface area contributed by atoms with Crippen molar-refractivity contribution >= 4 is 23.2 Å². The average Bonchev–Trinajstić information content (AvgIpc) is 2.98. The summed E-state index contributed by atoms with van der Waals surface area (Å²) in [6.45, 7) is 3.90. The van der Waals surface area contributed by atoms with Crippen LogP contribution in [0.25, 0.3) is 0 Å². The Morgan fingerprint density at radius 2 is 2.11 bits per heavy atom. The molecule has 0 unspecified atom stereocenters. The van der Waals surface area contributed by atoms with Crippen molar-refractivity contribution in [3.63, 3.8) is 0 Å². The van der Waals surface area contributed by atoms with Crippen molar-refractivity contribution in [2.24, 2.45) is 0 Å². The van der Waals surface area contributed by atoms with Gasteiger partial charge in [0, 0.05) is 24.7 Å². The Kier molecular flexibility index (Phi) is 4.37. The van der Waals surface area contributed by atoms with Crippen molar-refractivity contribution in [3.8, 4) is 17.2 Å². The zero-order valence-electron chi connectivity index (χ0n) is 16.1. The van der Waals surface area contributed by atoms with Gasteiger partial charge < -0.3 is 24.4 Å². The third-order valence-corrected chi connectivity index (χ3v) is 4.74. The van der Waals surface area contributed by atoms with Gasteiger partial charge in [-0.1, -0.05) is 12.1 Å². The summed E-state index contributed by atoms with van der Waals surface area (Å²) in [6, 6.07) is 10.9. The summed E-state index contributed by atoms with van der Waals surface area (Å²) in [4.78, 5) is 25.6. The molecular formula is C21H22N2O5.